The van der Waals surface area contributed by atoms with Gasteiger partial charge >= 0.3 is 0 Å². The van der Waals surface area contributed by atoms with Crippen LogP contribution in [0.5, 0.6) is 0 Å². The number of nitrogens with one attached hydrogen (secondary N) is 2. The molecule has 148 valence electrons. The number of alkyl halides is 2. The maximum absolute atomic E-state index is 12.6. The van der Waals surface area contributed by atoms with Crippen LogP contribution in [0.4, 0.5) is 11.4 Å². The van der Waals surface area contributed by atoms with Gasteiger partial charge in [-0.1, -0.05) is 24.3 Å². The maximum Gasteiger partial charge on any atom is 0.225 e. The van der Waals surface area contributed by atoms with Crippen LogP contribution in [-0.2, 0) is 16.0 Å². The van der Waals surface area contributed by atoms with Gasteiger partial charge in [0.15, 0.2) is 5.78 Å². The summed E-state index contributed by atoms with van der Waals surface area (Å²) in [6, 6.07) is 14.3. The van der Waals surface area contributed by atoms with Gasteiger partial charge in [0.05, 0.1) is 5.69 Å². The molecule has 2 rings (SSSR count). The van der Waals surface area contributed by atoms with Crippen molar-refractivity contribution in [2.24, 2.45) is 0 Å². The zero-order chi connectivity index (χ0) is 20.4. The highest BCUT2D eigenvalue weighted by molar-refractivity contribution is 6.19. The molecule has 0 aliphatic rings. The summed E-state index contributed by atoms with van der Waals surface area (Å²) in [5.74, 6) is 0.0958. The van der Waals surface area contributed by atoms with Gasteiger partial charge in [-0.3, -0.25) is 14.4 Å². The molecule has 2 amide bonds. The summed E-state index contributed by atoms with van der Waals surface area (Å²) < 4.78 is 0. The highest BCUT2D eigenvalue weighted by Crippen LogP contribution is 2.19. The van der Waals surface area contributed by atoms with Gasteiger partial charge in [-0.15, -0.1) is 23.2 Å². The molecule has 0 unspecified atom stereocenters. The lowest BCUT2D eigenvalue weighted by Crippen LogP contribution is -2.15. The highest BCUT2D eigenvalue weighted by atomic mass is 35.5. The van der Waals surface area contributed by atoms with Crippen molar-refractivity contribution in [3.63, 3.8) is 0 Å². The lowest BCUT2D eigenvalue weighted by molar-refractivity contribution is -0.116. The van der Waals surface area contributed by atoms with E-state index in [4.69, 9.17) is 23.2 Å². The highest BCUT2D eigenvalue weighted by Gasteiger charge is 2.13. The summed E-state index contributed by atoms with van der Waals surface area (Å²) in [6.07, 6.45) is 1.32. The van der Waals surface area contributed by atoms with Gasteiger partial charge in [0.25, 0.3) is 0 Å². The van der Waals surface area contributed by atoms with Crippen molar-refractivity contribution >= 4 is 52.2 Å². The molecule has 2 N–H and O–H groups in total. The third-order valence-electron chi connectivity index (χ3n) is 4.02. The van der Waals surface area contributed by atoms with E-state index in [2.05, 4.69) is 10.6 Å². The predicted molar refractivity (Wildman–Crippen MR) is 113 cm³/mol. The van der Waals surface area contributed by atoms with Crippen molar-refractivity contribution in [2.75, 3.05) is 22.4 Å². The fraction of sp³-hybridized carbons (Fsp3) is 0.286. The number of Topliss-reactive ketones (excluding diaryl/α,β-unsaturated/α-hetero) is 1. The second kappa shape index (κ2) is 11.5. The molecule has 0 bridgehead atoms. The van der Waals surface area contributed by atoms with E-state index in [9.17, 15) is 14.4 Å². The molecule has 0 radical (unpaired) electrons. The van der Waals surface area contributed by atoms with Gasteiger partial charge in [0.1, 0.15) is 0 Å². The van der Waals surface area contributed by atoms with Gasteiger partial charge in [-0.25, -0.2) is 0 Å². The van der Waals surface area contributed by atoms with Gasteiger partial charge < -0.3 is 10.6 Å². The topological polar surface area (TPSA) is 75.3 Å². The zero-order valence-corrected chi connectivity index (χ0v) is 16.9. The predicted octanol–water partition coefficient (Wildman–Crippen LogP) is 4.64. The minimum absolute atomic E-state index is 0.0544. The Balaban J connectivity index is 1.95. The van der Waals surface area contributed by atoms with Crippen LogP contribution < -0.4 is 10.6 Å². The number of ketones is 1. The first-order valence-electron chi connectivity index (χ1n) is 8.96. The number of amides is 2. The van der Waals surface area contributed by atoms with E-state index < -0.39 is 0 Å². The summed E-state index contributed by atoms with van der Waals surface area (Å²) in [4.78, 5) is 35.9. The average Bonchev–Trinajstić information content (AvgIpc) is 2.68. The largest absolute Gasteiger partial charge is 0.326 e. The van der Waals surface area contributed by atoms with Crippen molar-refractivity contribution < 1.29 is 14.4 Å². The average molecular weight is 421 g/mol. The second-order valence-electron chi connectivity index (χ2n) is 6.14. The van der Waals surface area contributed by atoms with Crippen LogP contribution in [0.1, 0.15) is 35.2 Å². The van der Waals surface area contributed by atoms with Crippen LogP contribution in [-0.4, -0.2) is 29.4 Å². The summed E-state index contributed by atoms with van der Waals surface area (Å²) in [5, 5.41) is 5.49. The lowest BCUT2D eigenvalue weighted by atomic mass is 10.0. The van der Waals surface area contributed by atoms with E-state index in [-0.39, 0.29) is 42.2 Å². The molecular formula is C21H22Cl2N2O3. The van der Waals surface area contributed by atoms with Crippen molar-refractivity contribution in [3.8, 4) is 0 Å². The quantitative estimate of drug-likeness (QED) is 0.434. The molecule has 0 fully saturated rings. The Kier molecular flexibility index (Phi) is 8.98. The number of benzene rings is 2. The number of anilines is 2. The fourth-order valence-corrected chi connectivity index (χ4v) is 2.93. The molecule has 2 aromatic rings. The molecule has 2 aromatic carbocycles. The number of hydrogen-bond donors (Lipinski definition) is 2. The van der Waals surface area contributed by atoms with E-state index in [1.54, 1.807) is 36.4 Å². The summed E-state index contributed by atoms with van der Waals surface area (Å²) in [6.45, 7) is 0. The van der Waals surface area contributed by atoms with Crippen LogP contribution in [0.3, 0.4) is 0 Å². The van der Waals surface area contributed by atoms with E-state index in [1.807, 2.05) is 12.1 Å². The molecule has 5 nitrogen and oxygen atoms in total. The van der Waals surface area contributed by atoms with Crippen LogP contribution in [0.2, 0.25) is 0 Å². The Morgan fingerprint density at radius 1 is 0.750 bits per heavy atom. The second-order valence-corrected chi connectivity index (χ2v) is 6.90. The summed E-state index contributed by atoms with van der Waals surface area (Å²) in [7, 11) is 0. The van der Waals surface area contributed by atoms with Crippen LogP contribution >= 0.6 is 23.2 Å². The first kappa shape index (κ1) is 21.9. The molecule has 7 heteroatoms. The normalized spacial score (nSPS) is 10.4. The van der Waals surface area contributed by atoms with Gasteiger partial charge in [-0.2, -0.15) is 0 Å². The van der Waals surface area contributed by atoms with E-state index in [0.29, 0.717) is 29.8 Å². The Labute approximate surface area is 174 Å². The third-order valence-corrected chi connectivity index (χ3v) is 4.40. The Morgan fingerprint density at radius 3 is 2.00 bits per heavy atom. The van der Waals surface area contributed by atoms with Crippen LogP contribution in [0.15, 0.2) is 48.5 Å². The Bertz CT molecular complexity index is 823. The van der Waals surface area contributed by atoms with Crippen molar-refractivity contribution in [3.05, 3.63) is 59.7 Å². The minimum Gasteiger partial charge on any atom is -0.326 e. The van der Waals surface area contributed by atoms with Gasteiger partial charge in [-0.05, 0) is 36.2 Å². The Morgan fingerprint density at radius 2 is 1.36 bits per heavy atom. The van der Waals surface area contributed by atoms with Crippen LogP contribution in [0.25, 0.3) is 0 Å². The number of carbonyl (C=O) groups is 3. The Hall–Kier alpha value is -2.37. The van der Waals surface area contributed by atoms with E-state index in [0.717, 1.165) is 5.56 Å². The van der Waals surface area contributed by atoms with Crippen molar-refractivity contribution in [1.82, 2.24) is 0 Å². The van der Waals surface area contributed by atoms with E-state index >= 15 is 0 Å². The number of hydrogen-bond acceptors (Lipinski definition) is 3. The number of para-hydroxylation sites is 1. The van der Waals surface area contributed by atoms with Crippen molar-refractivity contribution in [1.29, 1.82) is 0 Å². The first-order chi connectivity index (χ1) is 13.5. The molecular weight excluding hydrogens is 399 g/mol. The van der Waals surface area contributed by atoms with Crippen LogP contribution in [0, 0.1) is 0 Å². The molecule has 0 aliphatic heterocycles. The third kappa shape index (κ3) is 6.98. The maximum atomic E-state index is 12.6. The standard InChI is InChI=1S/C21H22Cl2N2O3/c22-13-11-20(27)24-16-8-5-15(6-9-16)7-10-19(26)17-3-1-2-4-18(17)25-21(28)12-14-23/h1-6,8-9H,7,10-14H2,(H,24,27)(H,25,28). The van der Waals surface area contributed by atoms with Gasteiger partial charge in [0.2, 0.25) is 11.8 Å². The van der Waals surface area contributed by atoms with E-state index in [1.165, 1.54) is 0 Å². The van der Waals surface area contributed by atoms with Gasteiger partial charge in [0, 0.05) is 42.3 Å². The molecule has 0 aromatic heterocycles. The minimum atomic E-state index is -0.220. The first-order valence-corrected chi connectivity index (χ1v) is 10.0. The number of aryl methyl sites for hydroxylation is 1. The number of rotatable bonds is 10. The number of halogens is 2. The SMILES string of the molecule is O=C(CCCl)Nc1ccc(CCC(=O)c2ccccc2NC(=O)CCCl)cc1. The lowest BCUT2D eigenvalue weighted by Gasteiger charge is -2.10. The summed E-state index contributed by atoms with van der Waals surface area (Å²) >= 11 is 11.1. The molecule has 0 atom stereocenters. The molecule has 0 aliphatic carbocycles. The fourth-order valence-electron chi connectivity index (χ4n) is 2.59. The number of carbonyl (C=O) groups excluding carboxylic acids is 3. The monoisotopic (exact) mass is 420 g/mol. The molecule has 0 saturated heterocycles. The molecule has 0 spiro atoms. The molecule has 28 heavy (non-hydrogen) atoms. The summed E-state index contributed by atoms with van der Waals surface area (Å²) in [5.41, 5.74) is 2.65. The smallest absolute Gasteiger partial charge is 0.225 e. The molecule has 0 heterocycles. The molecule has 0 saturated carbocycles. The zero-order valence-electron chi connectivity index (χ0n) is 15.3. The van der Waals surface area contributed by atoms with Crippen molar-refractivity contribution in [2.45, 2.75) is 25.7 Å².